The molecule has 2 amide bonds. The number of Topliss-reactive ketones (excluding diaryl/α,β-unsaturated/α-hetero) is 1. The van der Waals surface area contributed by atoms with E-state index in [-0.39, 0.29) is 23.5 Å². The summed E-state index contributed by atoms with van der Waals surface area (Å²) < 4.78 is 0. The molecule has 1 saturated carbocycles. The average Bonchev–Trinajstić information content (AvgIpc) is 3.52. The van der Waals surface area contributed by atoms with E-state index in [4.69, 9.17) is 0 Å². The number of nitrogens with zero attached hydrogens (tertiary/aromatic N) is 2. The van der Waals surface area contributed by atoms with E-state index < -0.39 is 0 Å². The zero-order valence-electron chi connectivity index (χ0n) is 17.2. The Morgan fingerprint density at radius 2 is 1.84 bits per heavy atom. The third kappa shape index (κ3) is 4.21. The highest BCUT2D eigenvalue weighted by Crippen LogP contribution is 2.33. The number of anilines is 1. The molecular formula is C24H24N4O3. The fourth-order valence-electron chi connectivity index (χ4n) is 4.01. The van der Waals surface area contributed by atoms with E-state index in [0.29, 0.717) is 38.2 Å². The Hall–Kier alpha value is -3.48. The number of likely N-dealkylation sites (tertiary alicyclic amines) is 1. The van der Waals surface area contributed by atoms with Crippen LogP contribution in [0.1, 0.15) is 31.2 Å². The predicted molar refractivity (Wildman–Crippen MR) is 117 cm³/mol. The summed E-state index contributed by atoms with van der Waals surface area (Å²) in [6, 6.07) is 11.8. The van der Waals surface area contributed by atoms with Crippen molar-refractivity contribution in [3.8, 4) is 11.1 Å². The number of aromatic amines is 1. The first-order chi connectivity index (χ1) is 15.1. The van der Waals surface area contributed by atoms with E-state index in [1.807, 2.05) is 42.6 Å². The number of carbonyl (C=O) groups excluding carboxylic acids is 3. The molecule has 2 N–H and O–H groups in total. The number of aromatic nitrogens is 2. The number of nitrogens with one attached hydrogen (secondary N) is 2. The summed E-state index contributed by atoms with van der Waals surface area (Å²) in [5, 5.41) is 3.91. The summed E-state index contributed by atoms with van der Waals surface area (Å²) >= 11 is 0. The van der Waals surface area contributed by atoms with Crippen LogP contribution in [0.3, 0.4) is 0 Å². The second-order valence-corrected chi connectivity index (χ2v) is 8.35. The minimum Gasteiger partial charge on any atom is -0.346 e. The molecule has 2 aliphatic rings. The highest BCUT2D eigenvalue weighted by molar-refractivity contribution is 5.99. The summed E-state index contributed by atoms with van der Waals surface area (Å²) in [4.78, 5) is 45.5. The van der Waals surface area contributed by atoms with Gasteiger partial charge in [-0.25, -0.2) is 4.98 Å². The lowest BCUT2D eigenvalue weighted by molar-refractivity contribution is -0.133. The molecule has 1 aliphatic carbocycles. The molecule has 2 aromatic heterocycles. The van der Waals surface area contributed by atoms with E-state index in [0.717, 1.165) is 40.6 Å². The summed E-state index contributed by atoms with van der Waals surface area (Å²) in [6.07, 6.45) is 4.96. The van der Waals surface area contributed by atoms with Crippen molar-refractivity contribution in [3.63, 3.8) is 0 Å². The minimum absolute atomic E-state index is 0.0256. The fraction of sp³-hybridized carbons (Fsp3) is 0.333. The number of rotatable bonds is 5. The third-order valence-electron chi connectivity index (χ3n) is 6.02. The van der Waals surface area contributed by atoms with E-state index in [1.165, 1.54) is 0 Å². The number of ketones is 1. The lowest BCUT2D eigenvalue weighted by Gasteiger charge is -2.26. The lowest BCUT2D eigenvalue weighted by atomic mass is 10.0. The molecule has 31 heavy (non-hydrogen) atoms. The van der Waals surface area contributed by atoms with Crippen molar-refractivity contribution in [2.75, 3.05) is 18.4 Å². The van der Waals surface area contributed by atoms with Crippen molar-refractivity contribution in [1.82, 2.24) is 14.9 Å². The molecule has 1 aliphatic heterocycles. The maximum absolute atomic E-state index is 12.5. The molecular weight excluding hydrogens is 392 g/mol. The summed E-state index contributed by atoms with van der Waals surface area (Å²) in [6.45, 7) is 1.04. The van der Waals surface area contributed by atoms with Gasteiger partial charge in [0.1, 0.15) is 17.2 Å². The van der Waals surface area contributed by atoms with Gasteiger partial charge >= 0.3 is 0 Å². The van der Waals surface area contributed by atoms with Crippen LogP contribution in [0.15, 0.2) is 42.6 Å². The quantitative estimate of drug-likeness (QED) is 0.667. The Balaban J connectivity index is 1.35. The number of hydrogen-bond acceptors (Lipinski definition) is 4. The number of pyridine rings is 1. The second-order valence-electron chi connectivity index (χ2n) is 8.35. The van der Waals surface area contributed by atoms with Gasteiger partial charge in [-0.15, -0.1) is 0 Å². The SMILES string of the molecule is O=C1CCN(C(=O)Cc2ccc(-c3cc(NC(=O)C4CC4)nc4[nH]ccc34)cc2)CC1. The van der Waals surface area contributed by atoms with Gasteiger partial charge < -0.3 is 15.2 Å². The molecule has 0 spiro atoms. The Kier molecular flexibility index (Phi) is 5.02. The molecule has 5 rings (SSSR count). The minimum atomic E-state index is 0.0256. The molecule has 2 fully saturated rings. The number of amides is 2. The van der Waals surface area contributed by atoms with Crippen LogP contribution in [0, 0.1) is 5.92 Å². The topological polar surface area (TPSA) is 95.2 Å². The smallest absolute Gasteiger partial charge is 0.228 e. The van der Waals surface area contributed by atoms with E-state index in [9.17, 15) is 14.4 Å². The molecule has 7 heteroatoms. The van der Waals surface area contributed by atoms with Gasteiger partial charge in [0.2, 0.25) is 11.8 Å². The number of H-pyrrole nitrogens is 1. The number of piperidine rings is 1. The van der Waals surface area contributed by atoms with Crippen molar-refractivity contribution >= 4 is 34.4 Å². The van der Waals surface area contributed by atoms with Crippen LogP contribution in [-0.4, -0.2) is 45.6 Å². The highest BCUT2D eigenvalue weighted by Gasteiger charge is 2.30. The van der Waals surface area contributed by atoms with Crippen LogP contribution in [0.25, 0.3) is 22.2 Å². The summed E-state index contributed by atoms with van der Waals surface area (Å²) in [5.41, 5.74) is 3.63. The van der Waals surface area contributed by atoms with E-state index in [2.05, 4.69) is 15.3 Å². The zero-order chi connectivity index (χ0) is 21.4. The lowest BCUT2D eigenvalue weighted by Crippen LogP contribution is -2.39. The van der Waals surface area contributed by atoms with Gasteiger partial charge in [-0.05, 0) is 41.7 Å². The standard InChI is InChI=1S/C24H24N4O3/c29-18-8-11-28(12-9-18)22(30)13-15-1-3-16(4-2-15)20-14-21(27-24(31)17-5-6-17)26-23-19(20)7-10-25-23/h1-4,7,10,14,17H,5-6,8-9,11-13H2,(H2,25,26,27,31). The Morgan fingerprint density at radius 1 is 1.10 bits per heavy atom. The Labute approximate surface area is 179 Å². The predicted octanol–water partition coefficient (Wildman–Crippen LogP) is 3.31. The van der Waals surface area contributed by atoms with Crippen LogP contribution in [0.5, 0.6) is 0 Å². The maximum atomic E-state index is 12.5. The van der Waals surface area contributed by atoms with Gasteiger partial charge in [0.05, 0.1) is 6.42 Å². The molecule has 0 atom stereocenters. The van der Waals surface area contributed by atoms with Crippen molar-refractivity contribution in [3.05, 3.63) is 48.2 Å². The van der Waals surface area contributed by atoms with Gasteiger partial charge in [-0.3, -0.25) is 14.4 Å². The first kappa shape index (κ1) is 19.5. The zero-order valence-corrected chi connectivity index (χ0v) is 17.2. The van der Waals surface area contributed by atoms with Gasteiger partial charge in [-0.2, -0.15) is 0 Å². The molecule has 0 unspecified atom stereocenters. The molecule has 0 bridgehead atoms. The summed E-state index contributed by atoms with van der Waals surface area (Å²) in [7, 11) is 0. The van der Waals surface area contributed by atoms with Gasteiger partial charge in [0, 0.05) is 43.4 Å². The monoisotopic (exact) mass is 416 g/mol. The molecule has 3 heterocycles. The molecule has 1 aromatic carbocycles. The average molecular weight is 416 g/mol. The molecule has 7 nitrogen and oxygen atoms in total. The van der Waals surface area contributed by atoms with Crippen molar-refractivity contribution in [2.45, 2.75) is 32.1 Å². The highest BCUT2D eigenvalue weighted by atomic mass is 16.2. The second kappa shape index (κ2) is 7.98. The largest absolute Gasteiger partial charge is 0.346 e. The first-order valence-corrected chi connectivity index (χ1v) is 10.7. The van der Waals surface area contributed by atoms with Crippen LogP contribution in [-0.2, 0) is 20.8 Å². The number of benzene rings is 1. The Morgan fingerprint density at radius 3 is 2.55 bits per heavy atom. The third-order valence-corrected chi connectivity index (χ3v) is 6.02. The van der Waals surface area contributed by atoms with Crippen molar-refractivity contribution in [1.29, 1.82) is 0 Å². The summed E-state index contributed by atoms with van der Waals surface area (Å²) in [5.74, 6) is 0.967. The van der Waals surface area contributed by atoms with E-state index >= 15 is 0 Å². The first-order valence-electron chi connectivity index (χ1n) is 10.7. The van der Waals surface area contributed by atoms with Crippen molar-refractivity contribution in [2.24, 2.45) is 5.92 Å². The van der Waals surface area contributed by atoms with Crippen LogP contribution in [0.4, 0.5) is 5.82 Å². The Bertz CT molecular complexity index is 1150. The fourth-order valence-corrected chi connectivity index (χ4v) is 4.01. The van der Waals surface area contributed by atoms with Gasteiger partial charge in [0.25, 0.3) is 0 Å². The molecule has 158 valence electrons. The van der Waals surface area contributed by atoms with Gasteiger partial charge in [-0.1, -0.05) is 24.3 Å². The molecule has 1 saturated heterocycles. The maximum Gasteiger partial charge on any atom is 0.228 e. The molecule has 0 radical (unpaired) electrons. The van der Waals surface area contributed by atoms with E-state index in [1.54, 1.807) is 4.90 Å². The number of fused-ring (bicyclic) bond motifs is 1. The normalized spacial score (nSPS) is 16.5. The van der Waals surface area contributed by atoms with Crippen molar-refractivity contribution < 1.29 is 14.4 Å². The molecule has 3 aromatic rings. The van der Waals surface area contributed by atoms with Crippen LogP contribution in [0.2, 0.25) is 0 Å². The van der Waals surface area contributed by atoms with Crippen LogP contribution >= 0.6 is 0 Å². The van der Waals surface area contributed by atoms with Crippen LogP contribution < -0.4 is 5.32 Å². The number of carbonyl (C=O) groups is 3. The van der Waals surface area contributed by atoms with Gasteiger partial charge in [0.15, 0.2) is 0 Å². The number of hydrogen-bond donors (Lipinski definition) is 2.